The summed E-state index contributed by atoms with van der Waals surface area (Å²) >= 11 is 0. The average molecular weight is 233 g/mol. The highest BCUT2D eigenvalue weighted by molar-refractivity contribution is 5.66. The molecule has 0 fully saturated rings. The van der Waals surface area contributed by atoms with E-state index in [-0.39, 0.29) is 6.42 Å². The molecule has 0 spiro atoms. The van der Waals surface area contributed by atoms with E-state index in [0.717, 1.165) is 6.92 Å². The van der Waals surface area contributed by atoms with Crippen LogP contribution in [-0.4, -0.2) is 35.6 Å². The first kappa shape index (κ1) is 14.3. The Kier molecular flexibility index (Phi) is 6.06. The fourth-order valence-corrected chi connectivity index (χ4v) is 1.15. The maximum atomic E-state index is 10.7. The van der Waals surface area contributed by atoms with E-state index in [9.17, 15) is 19.7 Å². The minimum absolute atomic E-state index is 0.284. The van der Waals surface area contributed by atoms with Crippen LogP contribution in [0.4, 0.5) is 0 Å². The molecule has 92 valence electrons. The van der Waals surface area contributed by atoms with Crippen molar-refractivity contribution in [1.29, 1.82) is 0 Å². The first-order valence-electron chi connectivity index (χ1n) is 4.82. The second-order valence-corrected chi connectivity index (χ2v) is 3.21. The molecule has 0 saturated heterocycles. The fraction of sp³-hybridized carbons (Fsp3) is 0.778. The number of ether oxygens (including phenoxy) is 2. The first-order valence-corrected chi connectivity index (χ1v) is 4.82. The molecule has 0 saturated carbocycles. The third-order valence-corrected chi connectivity index (χ3v) is 1.88. The van der Waals surface area contributed by atoms with Gasteiger partial charge in [0.15, 0.2) is 12.7 Å². The minimum atomic E-state index is -1.22. The molecule has 0 aliphatic rings. The summed E-state index contributed by atoms with van der Waals surface area (Å²) < 4.78 is 9.34. The summed E-state index contributed by atoms with van der Waals surface area (Å²) in [7, 11) is 0. The molecule has 0 radical (unpaired) electrons. The molecule has 16 heavy (non-hydrogen) atoms. The topological polar surface area (TPSA) is 95.7 Å². The van der Waals surface area contributed by atoms with E-state index in [2.05, 4.69) is 4.74 Å². The molecule has 0 bridgehead atoms. The lowest BCUT2D eigenvalue weighted by Crippen LogP contribution is -2.40. The number of nitro groups is 1. The Morgan fingerprint density at radius 1 is 1.31 bits per heavy atom. The quantitative estimate of drug-likeness (QED) is 0.377. The van der Waals surface area contributed by atoms with Gasteiger partial charge in [-0.3, -0.25) is 19.7 Å². The van der Waals surface area contributed by atoms with Gasteiger partial charge in [0, 0.05) is 18.8 Å². The largest absolute Gasteiger partial charge is 0.458 e. The minimum Gasteiger partial charge on any atom is -0.458 e. The highest BCUT2D eigenvalue weighted by Crippen LogP contribution is 2.09. The second-order valence-electron chi connectivity index (χ2n) is 3.21. The van der Waals surface area contributed by atoms with Gasteiger partial charge in [-0.15, -0.1) is 0 Å². The van der Waals surface area contributed by atoms with Crippen LogP contribution in [0.2, 0.25) is 0 Å². The van der Waals surface area contributed by atoms with E-state index < -0.39 is 35.6 Å². The Labute approximate surface area is 92.9 Å². The van der Waals surface area contributed by atoms with E-state index in [1.807, 2.05) is 0 Å². The van der Waals surface area contributed by atoms with Gasteiger partial charge in [-0.2, -0.15) is 0 Å². The van der Waals surface area contributed by atoms with Crippen LogP contribution < -0.4 is 0 Å². The molecular weight excluding hydrogens is 218 g/mol. The Morgan fingerprint density at radius 3 is 2.19 bits per heavy atom. The van der Waals surface area contributed by atoms with Crippen molar-refractivity contribution in [3.05, 3.63) is 10.1 Å². The number of nitrogens with zero attached hydrogens (tertiary/aromatic N) is 1. The lowest BCUT2D eigenvalue weighted by molar-refractivity contribution is -0.536. The predicted octanol–water partition coefficient (Wildman–Crippen LogP) is 0.536. The first-order chi connectivity index (χ1) is 7.38. The summed E-state index contributed by atoms with van der Waals surface area (Å²) in [5, 5.41) is 10.7. The maximum absolute atomic E-state index is 10.7. The molecular formula is C9H15NO6. The van der Waals surface area contributed by atoms with Crippen molar-refractivity contribution in [2.75, 3.05) is 6.61 Å². The fourth-order valence-electron chi connectivity index (χ4n) is 1.15. The van der Waals surface area contributed by atoms with Crippen molar-refractivity contribution in [3.8, 4) is 0 Å². The second kappa shape index (κ2) is 6.76. The summed E-state index contributed by atoms with van der Waals surface area (Å²) in [6, 6.07) is -1.22. The van der Waals surface area contributed by atoms with Crippen molar-refractivity contribution in [1.82, 2.24) is 0 Å². The third kappa shape index (κ3) is 5.28. The zero-order chi connectivity index (χ0) is 12.7. The van der Waals surface area contributed by atoms with Gasteiger partial charge in [-0.25, -0.2) is 0 Å². The van der Waals surface area contributed by atoms with Crippen molar-refractivity contribution < 1.29 is 24.0 Å². The Morgan fingerprint density at radius 2 is 1.88 bits per heavy atom. The molecule has 7 heteroatoms. The van der Waals surface area contributed by atoms with Crippen LogP contribution in [-0.2, 0) is 19.1 Å². The van der Waals surface area contributed by atoms with Crippen molar-refractivity contribution in [2.45, 2.75) is 39.3 Å². The molecule has 0 aliphatic heterocycles. The number of hydrogen-bond acceptors (Lipinski definition) is 6. The van der Waals surface area contributed by atoms with Gasteiger partial charge in [-0.05, 0) is 6.42 Å². The van der Waals surface area contributed by atoms with Crippen LogP contribution in [0.3, 0.4) is 0 Å². The van der Waals surface area contributed by atoms with Crippen LogP contribution >= 0.6 is 0 Å². The Hall–Kier alpha value is -1.66. The molecule has 0 aromatic carbocycles. The van der Waals surface area contributed by atoms with Gasteiger partial charge in [0.1, 0.15) is 0 Å². The van der Waals surface area contributed by atoms with Crippen LogP contribution in [0.25, 0.3) is 0 Å². The predicted molar refractivity (Wildman–Crippen MR) is 53.3 cm³/mol. The van der Waals surface area contributed by atoms with E-state index >= 15 is 0 Å². The molecule has 0 amide bonds. The maximum Gasteiger partial charge on any atom is 0.303 e. The monoisotopic (exact) mass is 233 g/mol. The molecule has 0 aromatic rings. The smallest absolute Gasteiger partial charge is 0.303 e. The number of carbonyl (C=O) groups excluding carboxylic acids is 2. The zero-order valence-corrected chi connectivity index (χ0v) is 9.47. The van der Waals surface area contributed by atoms with Gasteiger partial charge in [-0.1, -0.05) is 6.92 Å². The molecule has 0 rings (SSSR count). The van der Waals surface area contributed by atoms with E-state index in [1.165, 1.54) is 6.92 Å². The normalized spacial score (nSPS) is 13.7. The lowest BCUT2D eigenvalue weighted by atomic mass is 10.1. The summed E-state index contributed by atoms with van der Waals surface area (Å²) in [4.78, 5) is 31.4. The molecule has 7 nitrogen and oxygen atoms in total. The number of rotatable bonds is 6. The summed E-state index contributed by atoms with van der Waals surface area (Å²) in [6.07, 6.45) is -0.598. The molecule has 0 N–H and O–H groups in total. The molecule has 2 atom stereocenters. The highest BCUT2D eigenvalue weighted by atomic mass is 16.6. The van der Waals surface area contributed by atoms with Crippen LogP contribution in [0, 0.1) is 10.1 Å². The van der Waals surface area contributed by atoms with E-state index in [1.54, 1.807) is 6.92 Å². The third-order valence-electron chi connectivity index (χ3n) is 1.88. The number of esters is 2. The van der Waals surface area contributed by atoms with Crippen molar-refractivity contribution >= 4 is 11.9 Å². The van der Waals surface area contributed by atoms with Gasteiger partial charge in [0.25, 0.3) is 6.04 Å². The number of carbonyl (C=O) groups is 2. The van der Waals surface area contributed by atoms with Crippen molar-refractivity contribution in [2.24, 2.45) is 0 Å². The summed E-state index contributed by atoms with van der Waals surface area (Å²) in [5.74, 6) is -1.20. The van der Waals surface area contributed by atoms with Crippen LogP contribution in [0.15, 0.2) is 0 Å². The van der Waals surface area contributed by atoms with Gasteiger partial charge < -0.3 is 9.47 Å². The molecule has 2 unspecified atom stereocenters. The van der Waals surface area contributed by atoms with Crippen LogP contribution in [0.5, 0.6) is 0 Å². The highest BCUT2D eigenvalue weighted by Gasteiger charge is 2.33. The zero-order valence-electron chi connectivity index (χ0n) is 9.47. The molecule has 0 aromatic heterocycles. The van der Waals surface area contributed by atoms with Gasteiger partial charge >= 0.3 is 11.9 Å². The van der Waals surface area contributed by atoms with E-state index in [0.29, 0.717) is 0 Å². The standard InChI is InChI=1S/C9H15NO6/c1-4-9(16-7(3)12)8(10(13)14)5-15-6(2)11/h8-9H,4-5H2,1-3H3. The van der Waals surface area contributed by atoms with Crippen LogP contribution in [0.1, 0.15) is 27.2 Å². The lowest BCUT2D eigenvalue weighted by Gasteiger charge is -2.18. The van der Waals surface area contributed by atoms with Crippen molar-refractivity contribution in [3.63, 3.8) is 0 Å². The van der Waals surface area contributed by atoms with E-state index in [4.69, 9.17) is 4.74 Å². The average Bonchev–Trinajstić information content (AvgIpc) is 2.14. The summed E-state index contributed by atoms with van der Waals surface area (Å²) in [5.41, 5.74) is 0. The molecule has 0 heterocycles. The Balaban J connectivity index is 4.52. The van der Waals surface area contributed by atoms with Gasteiger partial charge in [0.2, 0.25) is 0 Å². The molecule has 0 aliphatic carbocycles. The van der Waals surface area contributed by atoms with Gasteiger partial charge in [0.05, 0.1) is 0 Å². The summed E-state index contributed by atoms with van der Waals surface area (Å²) in [6.45, 7) is 3.58. The SMILES string of the molecule is CCC(OC(C)=O)C(COC(C)=O)[N+](=O)[O-]. The Bertz CT molecular complexity index is 277. The number of hydrogen-bond donors (Lipinski definition) is 0.